The number of amides is 1. The molecule has 2 aromatic carbocycles. The second-order valence-electron chi connectivity index (χ2n) is 4.90. The van der Waals surface area contributed by atoms with Crippen LogP contribution >= 0.6 is 11.8 Å². The number of carbonyl (C=O) groups is 1. The lowest BCUT2D eigenvalue weighted by Crippen LogP contribution is -2.09. The second-order valence-corrected chi connectivity index (χ2v) is 5.78. The number of hydrogen-bond acceptors (Lipinski definition) is 3. The van der Waals surface area contributed by atoms with Crippen LogP contribution in [-0.4, -0.2) is 17.3 Å². The molecule has 0 unspecified atom stereocenters. The fourth-order valence-electron chi connectivity index (χ4n) is 1.96. The molecule has 0 aliphatic heterocycles. The lowest BCUT2D eigenvalue weighted by atomic mass is 10.1. The maximum Gasteiger partial charge on any atom is 0.248 e. The summed E-state index contributed by atoms with van der Waals surface area (Å²) in [4.78, 5) is 13.2. The lowest BCUT2D eigenvalue weighted by molar-refractivity contribution is -0.111. The summed E-state index contributed by atoms with van der Waals surface area (Å²) in [5.41, 5.74) is 3.44. The van der Waals surface area contributed by atoms with E-state index in [2.05, 4.69) is 5.32 Å². The number of aliphatic hydroxyl groups is 1. The van der Waals surface area contributed by atoms with E-state index >= 15 is 0 Å². The minimum absolute atomic E-state index is 0.0409. The predicted molar refractivity (Wildman–Crippen MR) is 93.0 cm³/mol. The first-order valence-corrected chi connectivity index (χ1v) is 8.18. The summed E-state index contributed by atoms with van der Waals surface area (Å²) in [6, 6.07) is 13.5. The summed E-state index contributed by atoms with van der Waals surface area (Å²) in [7, 11) is 0. The Morgan fingerprint density at radius 2 is 1.95 bits per heavy atom. The molecule has 0 aliphatic carbocycles. The Balaban J connectivity index is 2.04. The highest BCUT2D eigenvalue weighted by molar-refractivity contribution is 7.98. The van der Waals surface area contributed by atoms with Crippen molar-refractivity contribution in [3.05, 3.63) is 65.2 Å². The first-order chi connectivity index (χ1) is 10.6. The van der Waals surface area contributed by atoms with E-state index in [-0.39, 0.29) is 12.5 Å². The van der Waals surface area contributed by atoms with E-state index in [0.717, 1.165) is 22.4 Å². The molecular weight excluding hydrogens is 294 g/mol. The third-order valence-electron chi connectivity index (χ3n) is 3.29. The smallest absolute Gasteiger partial charge is 0.248 e. The summed E-state index contributed by atoms with van der Waals surface area (Å²) in [6.07, 6.45) is 5.32. The number of nitrogens with one attached hydrogen (secondary N) is 1. The molecule has 0 atom stereocenters. The maximum atomic E-state index is 12.0. The van der Waals surface area contributed by atoms with Gasteiger partial charge in [-0.15, -0.1) is 11.8 Å². The topological polar surface area (TPSA) is 49.3 Å². The normalized spacial score (nSPS) is 10.9. The summed E-state index contributed by atoms with van der Waals surface area (Å²) in [6.45, 7) is 1.88. The highest BCUT2D eigenvalue weighted by Gasteiger charge is 2.03. The number of thioether (sulfide) groups is 1. The van der Waals surface area contributed by atoms with Crippen molar-refractivity contribution in [1.82, 2.24) is 0 Å². The second kappa shape index (κ2) is 7.82. The van der Waals surface area contributed by atoms with E-state index in [4.69, 9.17) is 5.11 Å². The van der Waals surface area contributed by atoms with Crippen LogP contribution < -0.4 is 5.32 Å². The Morgan fingerprint density at radius 3 is 2.59 bits per heavy atom. The molecule has 0 spiro atoms. The van der Waals surface area contributed by atoms with Crippen molar-refractivity contribution in [1.29, 1.82) is 0 Å². The van der Waals surface area contributed by atoms with Crippen LogP contribution in [0.15, 0.2) is 53.4 Å². The van der Waals surface area contributed by atoms with Crippen molar-refractivity contribution in [2.24, 2.45) is 0 Å². The van der Waals surface area contributed by atoms with Gasteiger partial charge in [0.05, 0.1) is 6.61 Å². The third-order valence-corrected chi connectivity index (χ3v) is 4.03. The van der Waals surface area contributed by atoms with E-state index < -0.39 is 0 Å². The number of aryl methyl sites for hydroxylation is 1. The molecule has 0 fully saturated rings. The number of rotatable bonds is 5. The van der Waals surface area contributed by atoms with Crippen LogP contribution in [0.25, 0.3) is 6.08 Å². The molecule has 3 nitrogen and oxygen atoms in total. The molecule has 0 saturated heterocycles. The number of hydrogen-bond donors (Lipinski definition) is 2. The van der Waals surface area contributed by atoms with Gasteiger partial charge in [0.2, 0.25) is 5.91 Å². The molecule has 1 amide bonds. The average molecular weight is 313 g/mol. The molecule has 0 aromatic heterocycles. The Hall–Kier alpha value is -2.04. The van der Waals surface area contributed by atoms with Crippen LogP contribution in [0.3, 0.4) is 0 Å². The van der Waals surface area contributed by atoms with Gasteiger partial charge in [0.15, 0.2) is 0 Å². The van der Waals surface area contributed by atoms with Crippen LogP contribution in [0.5, 0.6) is 0 Å². The molecule has 0 saturated carbocycles. The standard InChI is InChI=1S/C18H19NO2S/c1-13-3-4-15(12-20)11-17(13)19-18(21)10-7-14-5-8-16(22-2)9-6-14/h3-11,20H,12H2,1-2H3,(H,19,21)/b10-7+. The van der Waals surface area contributed by atoms with Crippen molar-refractivity contribution in [2.75, 3.05) is 11.6 Å². The largest absolute Gasteiger partial charge is 0.392 e. The van der Waals surface area contributed by atoms with Gasteiger partial charge in [-0.05, 0) is 54.1 Å². The summed E-state index contributed by atoms with van der Waals surface area (Å²) >= 11 is 1.68. The average Bonchev–Trinajstić information content (AvgIpc) is 2.55. The molecule has 22 heavy (non-hydrogen) atoms. The van der Waals surface area contributed by atoms with Crippen molar-refractivity contribution < 1.29 is 9.90 Å². The van der Waals surface area contributed by atoms with Gasteiger partial charge in [-0.1, -0.05) is 24.3 Å². The van der Waals surface area contributed by atoms with Crippen molar-refractivity contribution in [2.45, 2.75) is 18.4 Å². The van der Waals surface area contributed by atoms with Crippen molar-refractivity contribution in [3.63, 3.8) is 0 Å². The van der Waals surface area contributed by atoms with E-state index in [9.17, 15) is 4.79 Å². The molecular formula is C18H19NO2S. The van der Waals surface area contributed by atoms with E-state index in [1.54, 1.807) is 23.9 Å². The first-order valence-electron chi connectivity index (χ1n) is 6.96. The van der Waals surface area contributed by atoms with Gasteiger partial charge in [0, 0.05) is 16.7 Å². The number of benzene rings is 2. The molecule has 4 heteroatoms. The van der Waals surface area contributed by atoms with Gasteiger partial charge in [-0.25, -0.2) is 0 Å². The maximum absolute atomic E-state index is 12.0. The molecule has 0 heterocycles. The van der Waals surface area contributed by atoms with Gasteiger partial charge in [-0.3, -0.25) is 4.79 Å². The van der Waals surface area contributed by atoms with E-state index in [1.807, 2.05) is 49.6 Å². The van der Waals surface area contributed by atoms with E-state index in [0.29, 0.717) is 0 Å². The zero-order valence-corrected chi connectivity index (χ0v) is 13.5. The molecule has 114 valence electrons. The van der Waals surface area contributed by atoms with Crippen LogP contribution in [0, 0.1) is 6.92 Å². The zero-order valence-electron chi connectivity index (χ0n) is 12.7. The minimum Gasteiger partial charge on any atom is -0.392 e. The monoisotopic (exact) mass is 313 g/mol. The van der Waals surface area contributed by atoms with Gasteiger partial charge in [0.1, 0.15) is 0 Å². The highest BCUT2D eigenvalue weighted by atomic mass is 32.2. The molecule has 2 aromatic rings. The molecule has 2 rings (SSSR count). The molecule has 0 bridgehead atoms. The van der Waals surface area contributed by atoms with Crippen LogP contribution in [0.2, 0.25) is 0 Å². The number of carbonyl (C=O) groups excluding carboxylic acids is 1. The SMILES string of the molecule is CSc1ccc(/C=C/C(=O)Nc2cc(CO)ccc2C)cc1. The predicted octanol–water partition coefficient (Wildman–Crippen LogP) is 3.86. The van der Waals surface area contributed by atoms with Crippen LogP contribution in [0.4, 0.5) is 5.69 Å². The number of anilines is 1. The van der Waals surface area contributed by atoms with Gasteiger partial charge >= 0.3 is 0 Å². The zero-order chi connectivity index (χ0) is 15.9. The van der Waals surface area contributed by atoms with Crippen LogP contribution in [0.1, 0.15) is 16.7 Å². The quantitative estimate of drug-likeness (QED) is 0.651. The summed E-state index contributed by atoms with van der Waals surface area (Å²) < 4.78 is 0. The fraction of sp³-hybridized carbons (Fsp3) is 0.167. The van der Waals surface area contributed by atoms with Gasteiger partial charge in [-0.2, -0.15) is 0 Å². The lowest BCUT2D eigenvalue weighted by Gasteiger charge is -2.08. The fourth-order valence-corrected chi connectivity index (χ4v) is 2.37. The third kappa shape index (κ3) is 4.48. The Labute approximate surface area is 135 Å². The first kappa shape index (κ1) is 16.3. The minimum atomic E-state index is -0.188. The molecule has 0 radical (unpaired) electrons. The molecule has 2 N–H and O–H groups in total. The Bertz CT molecular complexity index is 678. The number of aliphatic hydroxyl groups excluding tert-OH is 1. The van der Waals surface area contributed by atoms with Crippen LogP contribution in [-0.2, 0) is 11.4 Å². The summed E-state index contributed by atoms with van der Waals surface area (Å²) in [5.74, 6) is -0.188. The molecule has 0 aliphatic rings. The van der Waals surface area contributed by atoms with Gasteiger partial charge < -0.3 is 10.4 Å². The Kier molecular flexibility index (Phi) is 5.81. The van der Waals surface area contributed by atoms with E-state index in [1.165, 1.54) is 11.0 Å². The van der Waals surface area contributed by atoms with Crippen molar-refractivity contribution >= 4 is 29.4 Å². The van der Waals surface area contributed by atoms with Gasteiger partial charge in [0.25, 0.3) is 0 Å². The highest BCUT2D eigenvalue weighted by Crippen LogP contribution is 2.18. The van der Waals surface area contributed by atoms with Crippen molar-refractivity contribution in [3.8, 4) is 0 Å². The Morgan fingerprint density at radius 1 is 1.23 bits per heavy atom. The summed E-state index contributed by atoms with van der Waals surface area (Å²) in [5, 5.41) is 12.0.